The molecule has 20 heavy (non-hydrogen) atoms. The first kappa shape index (κ1) is 12.3. The molecule has 0 saturated carbocycles. The molecule has 0 spiro atoms. The van der Waals surface area contributed by atoms with Crippen LogP contribution in [0.4, 0.5) is 0 Å². The number of fused-ring (bicyclic) bond motifs is 1. The van der Waals surface area contributed by atoms with E-state index in [9.17, 15) is 5.26 Å². The minimum Gasteiger partial charge on any atom is -0.440 e. The lowest BCUT2D eigenvalue weighted by atomic mass is 9.82. The van der Waals surface area contributed by atoms with E-state index in [1.54, 1.807) is 0 Å². The molecule has 0 radical (unpaired) electrons. The van der Waals surface area contributed by atoms with Crippen molar-refractivity contribution in [3.63, 3.8) is 0 Å². The molecule has 98 valence electrons. The summed E-state index contributed by atoms with van der Waals surface area (Å²) in [7, 11) is 0. The molecule has 3 rings (SSSR count). The molecule has 2 aromatic rings. The lowest BCUT2D eigenvalue weighted by Gasteiger charge is -2.27. The third-order valence-electron chi connectivity index (χ3n) is 3.62. The fourth-order valence-electron chi connectivity index (χ4n) is 2.64. The summed E-state index contributed by atoms with van der Waals surface area (Å²) in [6.45, 7) is 2.04. The molecule has 1 aliphatic rings. The van der Waals surface area contributed by atoms with Crippen molar-refractivity contribution in [3.05, 3.63) is 76.7 Å². The second-order valence-electron chi connectivity index (χ2n) is 4.82. The van der Waals surface area contributed by atoms with Crippen LogP contribution in [0, 0.1) is 18.3 Å². The van der Waals surface area contributed by atoms with Crippen LogP contribution in [-0.2, 0) is 0 Å². The fraction of sp³-hybridized carbons (Fsp3) is 0.118. The van der Waals surface area contributed by atoms with E-state index in [-0.39, 0.29) is 11.8 Å². The Kier molecular flexibility index (Phi) is 2.92. The molecule has 0 unspecified atom stereocenters. The number of aryl methyl sites for hydroxylation is 1. The van der Waals surface area contributed by atoms with Crippen molar-refractivity contribution in [2.45, 2.75) is 12.8 Å². The Labute approximate surface area is 117 Å². The van der Waals surface area contributed by atoms with Gasteiger partial charge in [-0.1, -0.05) is 42.5 Å². The van der Waals surface area contributed by atoms with E-state index in [0.717, 1.165) is 22.4 Å². The largest absolute Gasteiger partial charge is 0.440 e. The first-order chi connectivity index (χ1) is 9.72. The maximum Gasteiger partial charge on any atom is 0.205 e. The lowest BCUT2D eigenvalue weighted by Crippen LogP contribution is -2.21. The SMILES string of the molecule is Cc1ccccc1[C@@H]1C(C#N)=C(N)Oc2ccccc21. The molecular weight excluding hydrogens is 248 g/mol. The first-order valence-electron chi connectivity index (χ1n) is 6.44. The van der Waals surface area contributed by atoms with E-state index in [2.05, 4.69) is 6.07 Å². The number of nitrogens with zero attached hydrogens (tertiary/aromatic N) is 1. The monoisotopic (exact) mass is 262 g/mol. The average Bonchev–Trinajstić information content (AvgIpc) is 2.46. The molecule has 0 saturated heterocycles. The summed E-state index contributed by atoms with van der Waals surface area (Å²) >= 11 is 0. The van der Waals surface area contributed by atoms with Crippen LogP contribution in [0.3, 0.4) is 0 Å². The number of para-hydroxylation sites is 1. The lowest BCUT2D eigenvalue weighted by molar-refractivity contribution is 0.393. The average molecular weight is 262 g/mol. The number of rotatable bonds is 1. The summed E-state index contributed by atoms with van der Waals surface area (Å²) in [5, 5.41) is 9.44. The van der Waals surface area contributed by atoms with Gasteiger partial charge in [-0.2, -0.15) is 5.26 Å². The number of nitriles is 1. The van der Waals surface area contributed by atoms with Gasteiger partial charge in [-0.25, -0.2) is 0 Å². The summed E-state index contributed by atoms with van der Waals surface area (Å²) in [5.74, 6) is 0.753. The Morgan fingerprint density at radius 3 is 2.40 bits per heavy atom. The molecule has 0 fully saturated rings. The van der Waals surface area contributed by atoms with Crippen molar-refractivity contribution in [3.8, 4) is 11.8 Å². The predicted molar refractivity (Wildman–Crippen MR) is 76.9 cm³/mol. The molecule has 0 amide bonds. The highest BCUT2D eigenvalue weighted by Crippen LogP contribution is 2.42. The van der Waals surface area contributed by atoms with E-state index in [1.807, 2.05) is 55.5 Å². The number of nitrogens with two attached hydrogens (primary N) is 1. The van der Waals surface area contributed by atoms with Crippen LogP contribution in [0.5, 0.6) is 5.75 Å². The van der Waals surface area contributed by atoms with Crippen molar-refractivity contribution in [2.24, 2.45) is 5.73 Å². The van der Waals surface area contributed by atoms with Gasteiger partial charge < -0.3 is 10.5 Å². The Hall–Kier alpha value is -2.73. The molecule has 1 atom stereocenters. The normalized spacial score (nSPS) is 17.1. The highest BCUT2D eigenvalue weighted by atomic mass is 16.5. The van der Waals surface area contributed by atoms with Crippen LogP contribution in [0.25, 0.3) is 0 Å². The highest BCUT2D eigenvalue weighted by Gasteiger charge is 2.30. The third-order valence-corrected chi connectivity index (χ3v) is 3.62. The Balaban J connectivity index is 2.27. The zero-order chi connectivity index (χ0) is 14.1. The summed E-state index contributed by atoms with van der Waals surface area (Å²) < 4.78 is 5.56. The maximum atomic E-state index is 9.44. The Morgan fingerprint density at radius 1 is 1.05 bits per heavy atom. The van der Waals surface area contributed by atoms with Gasteiger partial charge in [-0.05, 0) is 24.1 Å². The Bertz CT molecular complexity index is 741. The summed E-state index contributed by atoms with van der Waals surface area (Å²) in [6, 6.07) is 18.0. The number of hydrogen-bond acceptors (Lipinski definition) is 3. The molecule has 2 N–H and O–H groups in total. The van der Waals surface area contributed by atoms with Crippen LogP contribution in [0.1, 0.15) is 22.6 Å². The summed E-state index contributed by atoms with van der Waals surface area (Å²) in [6.07, 6.45) is 0. The number of ether oxygens (including phenoxy) is 1. The van der Waals surface area contributed by atoms with Gasteiger partial charge in [-0.15, -0.1) is 0 Å². The van der Waals surface area contributed by atoms with Crippen LogP contribution >= 0.6 is 0 Å². The molecule has 1 heterocycles. The van der Waals surface area contributed by atoms with Gasteiger partial charge in [0.15, 0.2) is 0 Å². The van der Waals surface area contributed by atoms with E-state index in [4.69, 9.17) is 10.5 Å². The smallest absolute Gasteiger partial charge is 0.205 e. The zero-order valence-electron chi connectivity index (χ0n) is 11.1. The van der Waals surface area contributed by atoms with Gasteiger partial charge >= 0.3 is 0 Å². The third kappa shape index (κ3) is 1.83. The molecule has 3 heteroatoms. The number of allylic oxidation sites excluding steroid dienone is 1. The predicted octanol–water partition coefficient (Wildman–Crippen LogP) is 3.21. The van der Waals surface area contributed by atoms with Gasteiger partial charge in [0.25, 0.3) is 0 Å². The second kappa shape index (κ2) is 4.75. The number of hydrogen-bond donors (Lipinski definition) is 1. The molecule has 0 aromatic heterocycles. The van der Waals surface area contributed by atoms with Gasteiger partial charge in [-0.3, -0.25) is 0 Å². The van der Waals surface area contributed by atoms with E-state index < -0.39 is 0 Å². The number of benzene rings is 2. The Morgan fingerprint density at radius 2 is 1.70 bits per heavy atom. The van der Waals surface area contributed by atoms with Crippen LogP contribution in [0.15, 0.2) is 60.0 Å². The van der Waals surface area contributed by atoms with Crippen LogP contribution in [0.2, 0.25) is 0 Å². The van der Waals surface area contributed by atoms with Gasteiger partial charge in [0, 0.05) is 5.56 Å². The summed E-state index contributed by atoms with van der Waals surface area (Å²) in [4.78, 5) is 0. The second-order valence-corrected chi connectivity index (χ2v) is 4.82. The van der Waals surface area contributed by atoms with E-state index >= 15 is 0 Å². The van der Waals surface area contributed by atoms with Crippen molar-refractivity contribution in [2.75, 3.05) is 0 Å². The standard InChI is InChI=1S/C17H14N2O/c1-11-6-2-3-7-12(11)16-13-8-4-5-9-15(13)20-17(19)14(16)10-18/h2-9,16H,19H2,1H3/t16-/m0/s1. The molecule has 0 bridgehead atoms. The zero-order valence-corrected chi connectivity index (χ0v) is 11.1. The van der Waals surface area contributed by atoms with Crippen molar-refractivity contribution in [1.82, 2.24) is 0 Å². The molecule has 0 aliphatic carbocycles. The molecule has 3 nitrogen and oxygen atoms in total. The van der Waals surface area contributed by atoms with Crippen molar-refractivity contribution < 1.29 is 4.74 Å². The van der Waals surface area contributed by atoms with Crippen molar-refractivity contribution >= 4 is 0 Å². The summed E-state index contributed by atoms with van der Waals surface area (Å²) in [5.41, 5.74) is 9.59. The minimum atomic E-state index is -0.161. The minimum absolute atomic E-state index is 0.161. The van der Waals surface area contributed by atoms with E-state index in [1.165, 1.54) is 0 Å². The first-order valence-corrected chi connectivity index (χ1v) is 6.44. The van der Waals surface area contributed by atoms with Crippen LogP contribution < -0.4 is 10.5 Å². The quantitative estimate of drug-likeness (QED) is 0.858. The molecule has 2 aromatic carbocycles. The highest BCUT2D eigenvalue weighted by molar-refractivity contribution is 5.56. The topological polar surface area (TPSA) is 59.0 Å². The van der Waals surface area contributed by atoms with Gasteiger partial charge in [0.2, 0.25) is 5.88 Å². The van der Waals surface area contributed by atoms with E-state index in [0.29, 0.717) is 5.57 Å². The maximum absolute atomic E-state index is 9.44. The van der Waals surface area contributed by atoms with Gasteiger partial charge in [0.1, 0.15) is 17.4 Å². The molecular formula is C17H14N2O. The van der Waals surface area contributed by atoms with Crippen LogP contribution in [-0.4, -0.2) is 0 Å². The molecule has 1 aliphatic heterocycles. The fourth-order valence-corrected chi connectivity index (χ4v) is 2.64. The van der Waals surface area contributed by atoms with Gasteiger partial charge in [0.05, 0.1) is 5.92 Å². The van der Waals surface area contributed by atoms with Crippen molar-refractivity contribution in [1.29, 1.82) is 5.26 Å².